The first-order valence-electron chi connectivity index (χ1n) is 9.98. The molecule has 1 unspecified atom stereocenters. The van der Waals surface area contributed by atoms with Gasteiger partial charge in [0.05, 0.1) is 11.4 Å². The minimum absolute atomic E-state index is 0.163. The van der Waals surface area contributed by atoms with Gasteiger partial charge >= 0.3 is 0 Å². The lowest BCUT2D eigenvalue weighted by molar-refractivity contribution is -0.919. The normalized spacial score (nSPS) is 19.8. The number of rotatable bonds is 7. The number of aryl methyl sites for hydroxylation is 1. The van der Waals surface area contributed by atoms with Gasteiger partial charge in [-0.1, -0.05) is 36.4 Å². The van der Waals surface area contributed by atoms with E-state index in [0.717, 1.165) is 25.8 Å². The Bertz CT molecular complexity index is 888. The number of amides is 1. The summed E-state index contributed by atoms with van der Waals surface area (Å²) in [5.41, 5.74) is 2.74. The number of thiophene rings is 2. The summed E-state index contributed by atoms with van der Waals surface area (Å²) in [6.07, 6.45) is 3.03. The number of hydrogen-bond donors (Lipinski definition) is 2. The van der Waals surface area contributed by atoms with E-state index in [0.29, 0.717) is 12.6 Å². The van der Waals surface area contributed by atoms with E-state index in [2.05, 4.69) is 65.5 Å². The summed E-state index contributed by atoms with van der Waals surface area (Å²) in [7, 11) is 0. The van der Waals surface area contributed by atoms with Crippen molar-refractivity contribution >= 4 is 28.6 Å². The van der Waals surface area contributed by atoms with Crippen molar-refractivity contribution in [2.45, 2.75) is 38.3 Å². The van der Waals surface area contributed by atoms with Crippen LogP contribution < -0.4 is 10.2 Å². The van der Waals surface area contributed by atoms with E-state index in [9.17, 15) is 4.79 Å². The minimum atomic E-state index is 0.163. The van der Waals surface area contributed by atoms with Crippen LogP contribution in [0.4, 0.5) is 0 Å². The molecule has 2 N–H and O–H groups in total. The summed E-state index contributed by atoms with van der Waals surface area (Å²) >= 11 is 3.65. The number of carbonyl (C=O) groups excluding carboxylic acids is 1. The fourth-order valence-electron chi connectivity index (χ4n) is 4.08. The van der Waals surface area contributed by atoms with Crippen LogP contribution >= 0.6 is 22.7 Å². The average molecular weight is 412 g/mol. The highest BCUT2D eigenvalue weighted by Crippen LogP contribution is 2.31. The first-order valence-corrected chi connectivity index (χ1v) is 11.7. The first-order chi connectivity index (χ1) is 13.7. The Hall–Kier alpha value is -1.95. The topological polar surface area (TPSA) is 33.5 Å². The highest BCUT2D eigenvalue weighted by molar-refractivity contribution is 7.10. The molecule has 3 aromatic rings. The molecule has 1 aliphatic rings. The third-order valence-corrected chi connectivity index (χ3v) is 7.44. The summed E-state index contributed by atoms with van der Waals surface area (Å²) in [6, 6.07) is 17.5. The molecule has 0 fully saturated rings. The van der Waals surface area contributed by atoms with E-state index in [-0.39, 0.29) is 11.9 Å². The third-order valence-electron chi connectivity index (χ3n) is 5.50. The molecule has 5 heteroatoms. The average Bonchev–Trinajstić information content (AvgIpc) is 3.39. The van der Waals surface area contributed by atoms with Crippen molar-refractivity contribution in [2.24, 2.45) is 0 Å². The molecule has 3 atom stereocenters. The summed E-state index contributed by atoms with van der Waals surface area (Å²) in [5, 5.41) is 7.56. The standard InChI is InChI=1S/C23H26N2OS2/c1-17(9-10-18-6-3-2-4-7-18)24-22(26)16-25-13-11-20-19(12-15-28-20)23(25)21-8-5-14-27-21/h2-8,12,14-15,17,23H,9-11,13,16H2,1H3,(H,24,26)/p+1/t17-,23-/m1/s1. The van der Waals surface area contributed by atoms with Gasteiger partial charge in [0.25, 0.3) is 5.91 Å². The second-order valence-corrected chi connectivity index (χ2v) is 9.56. The zero-order chi connectivity index (χ0) is 19.3. The van der Waals surface area contributed by atoms with Crippen LogP contribution in [0.1, 0.15) is 40.3 Å². The maximum absolute atomic E-state index is 12.8. The fraction of sp³-hybridized carbons (Fsp3) is 0.348. The molecule has 0 aliphatic carbocycles. The van der Waals surface area contributed by atoms with Crippen LogP contribution in [0.15, 0.2) is 59.3 Å². The van der Waals surface area contributed by atoms with Gasteiger partial charge in [0.15, 0.2) is 6.54 Å². The first kappa shape index (κ1) is 19.4. The van der Waals surface area contributed by atoms with Gasteiger partial charge in [-0.05, 0) is 48.2 Å². The van der Waals surface area contributed by atoms with Gasteiger partial charge in [-0.3, -0.25) is 4.79 Å². The van der Waals surface area contributed by atoms with E-state index in [1.54, 1.807) is 11.3 Å². The molecular weight excluding hydrogens is 384 g/mol. The molecule has 0 bridgehead atoms. The molecular formula is C23H27N2OS2+. The van der Waals surface area contributed by atoms with Crippen molar-refractivity contribution in [2.75, 3.05) is 13.1 Å². The third kappa shape index (κ3) is 4.54. The largest absolute Gasteiger partial charge is 0.349 e. The molecule has 0 radical (unpaired) electrons. The zero-order valence-electron chi connectivity index (χ0n) is 16.2. The Morgan fingerprint density at radius 1 is 1.14 bits per heavy atom. The van der Waals surface area contributed by atoms with Gasteiger partial charge in [0, 0.05) is 22.9 Å². The highest BCUT2D eigenvalue weighted by Gasteiger charge is 2.35. The van der Waals surface area contributed by atoms with Gasteiger partial charge < -0.3 is 10.2 Å². The zero-order valence-corrected chi connectivity index (χ0v) is 17.8. The van der Waals surface area contributed by atoms with Crippen LogP contribution in [-0.4, -0.2) is 25.0 Å². The molecule has 4 rings (SSSR count). The van der Waals surface area contributed by atoms with E-state index in [1.165, 1.54) is 25.8 Å². The molecule has 2 aromatic heterocycles. The van der Waals surface area contributed by atoms with Gasteiger partial charge in [-0.2, -0.15) is 0 Å². The van der Waals surface area contributed by atoms with E-state index in [1.807, 2.05) is 17.4 Å². The Balaban J connectivity index is 1.37. The summed E-state index contributed by atoms with van der Waals surface area (Å²) < 4.78 is 0. The number of carbonyl (C=O) groups is 1. The molecule has 0 saturated heterocycles. The molecule has 0 spiro atoms. The van der Waals surface area contributed by atoms with Crippen molar-refractivity contribution in [1.29, 1.82) is 0 Å². The number of hydrogen-bond acceptors (Lipinski definition) is 3. The quantitative estimate of drug-likeness (QED) is 0.613. The second-order valence-electron chi connectivity index (χ2n) is 7.58. The van der Waals surface area contributed by atoms with E-state index >= 15 is 0 Å². The molecule has 146 valence electrons. The Morgan fingerprint density at radius 3 is 2.79 bits per heavy atom. The predicted molar refractivity (Wildman–Crippen MR) is 117 cm³/mol. The lowest BCUT2D eigenvalue weighted by Gasteiger charge is -2.32. The molecule has 1 aliphatic heterocycles. The second kappa shape index (κ2) is 9.03. The van der Waals surface area contributed by atoms with Crippen molar-refractivity contribution < 1.29 is 9.69 Å². The fourth-order valence-corrected chi connectivity index (χ4v) is 5.90. The smallest absolute Gasteiger partial charge is 0.275 e. The molecule has 3 nitrogen and oxygen atoms in total. The number of fused-ring (bicyclic) bond motifs is 1. The number of nitrogens with one attached hydrogen (secondary N) is 2. The molecule has 28 heavy (non-hydrogen) atoms. The highest BCUT2D eigenvalue weighted by atomic mass is 32.1. The molecule has 0 saturated carbocycles. The summed E-state index contributed by atoms with van der Waals surface area (Å²) in [4.78, 5) is 17.0. The van der Waals surface area contributed by atoms with Crippen molar-refractivity contribution in [1.82, 2.24) is 5.32 Å². The maximum atomic E-state index is 12.8. The predicted octanol–water partition coefficient (Wildman–Crippen LogP) is 3.48. The van der Waals surface area contributed by atoms with Gasteiger partial charge in [0.1, 0.15) is 6.04 Å². The SMILES string of the molecule is C[C@H](CCc1ccccc1)NC(=O)C[NH+]1CCc2sccc2[C@@H]1c1cccs1. The van der Waals surface area contributed by atoms with Crippen molar-refractivity contribution in [3.05, 3.63) is 80.2 Å². The van der Waals surface area contributed by atoms with Gasteiger partial charge in [-0.25, -0.2) is 0 Å². The van der Waals surface area contributed by atoms with Crippen LogP contribution in [-0.2, 0) is 17.6 Å². The monoisotopic (exact) mass is 411 g/mol. The Morgan fingerprint density at radius 2 is 2.00 bits per heavy atom. The summed E-state index contributed by atoms with van der Waals surface area (Å²) in [5.74, 6) is 0.163. The summed E-state index contributed by atoms with van der Waals surface area (Å²) in [6.45, 7) is 3.66. The van der Waals surface area contributed by atoms with Gasteiger partial charge in [0.2, 0.25) is 0 Å². The van der Waals surface area contributed by atoms with Crippen molar-refractivity contribution in [3.8, 4) is 0 Å². The molecule has 1 aromatic carbocycles. The molecule has 1 amide bonds. The number of quaternary nitrogens is 1. The minimum Gasteiger partial charge on any atom is -0.349 e. The Kier molecular flexibility index (Phi) is 6.25. The van der Waals surface area contributed by atoms with Crippen LogP contribution in [0.25, 0.3) is 0 Å². The lowest BCUT2D eigenvalue weighted by atomic mass is 9.98. The Labute approximate surface area is 175 Å². The van der Waals surface area contributed by atoms with Crippen LogP contribution in [0.5, 0.6) is 0 Å². The van der Waals surface area contributed by atoms with Gasteiger partial charge in [-0.15, -0.1) is 22.7 Å². The van der Waals surface area contributed by atoms with E-state index < -0.39 is 0 Å². The number of benzene rings is 1. The van der Waals surface area contributed by atoms with Crippen LogP contribution in [0.2, 0.25) is 0 Å². The molecule has 3 heterocycles. The van der Waals surface area contributed by atoms with E-state index in [4.69, 9.17) is 0 Å². The van der Waals surface area contributed by atoms with Crippen LogP contribution in [0, 0.1) is 0 Å². The van der Waals surface area contributed by atoms with Crippen molar-refractivity contribution in [3.63, 3.8) is 0 Å². The van der Waals surface area contributed by atoms with Crippen LogP contribution in [0.3, 0.4) is 0 Å². The lowest BCUT2D eigenvalue weighted by Crippen LogP contribution is -3.14. The maximum Gasteiger partial charge on any atom is 0.275 e.